The summed E-state index contributed by atoms with van der Waals surface area (Å²) in [5.41, 5.74) is 4.73. The predicted molar refractivity (Wildman–Crippen MR) is 156 cm³/mol. The molecule has 3 aromatic rings. The molecule has 2 atom stereocenters. The van der Waals surface area contributed by atoms with E-state index in [-0.39, 0.29) is 0 Å². The number of halogens is 2. The van der Waals surface area contributed by atoms with Crippen LogP contribution in [0.25, 0.3) is 10.9 Å². The molecule has 3 heterocycles. The van der Waals surface area contributed by atoms with Gasteiger partial charge in [-0.3, -0.25) is 0 Å². The molecule has 0 spiro atoms. The Labute approximate surface area is 222 Å². The van der Waals surface area contributed by atoms with E-state index >= 15 is 0 Å². The molecule has 0 aliphatic carbocycles. The summed E-state index contributed by atoms with van der Waals surface area (Å²) in [5, 5.41) is 8.67. The molecule has 0 radical (unpaired) electrons. The van der Waals surface area contributed by atoms with Crippen molar-refractivity contribution in [2.45, 2.75) is 50.5 Å². The van der Waals surface area contributed by atoms with Gasteiger partial charge < -0.3 is 20.5 Å². The lowest BCUT2D eigenvalue weighted by molar-refractivity contribution is 0.151. The molecular formula is C25H28I2N4S. The van der Waals surface area contributed by atoms with Gasteiger partial charge in [0.1, 0.15) is 0 Å². The maximum Gasteiger partial charge on any atom is 0.175 e. The third-order valence-electron chi connectivity index (χ3n) is 6.95. The van der Waals surface area contributed by atoms with E-state index in [2.05, 4.69) is 108 Å². The zero-order chi connectivity index (χ0) is 22.1. The monoisotopic (exact) mass is 670 g/mol. The Morgan fingerprint density at radius 3 is 2.75 bits per heavy atom. The first-order chi connectivity index (χ1) is 15.6. The Bertz CT molecular complexity index is 1110. The molecular weight excluding hydrogens is 642 g/mol. The number of fused-ring (bicyclic) bond motifs is 2. The van der Waals surface area contributed by atoms with Gasteiger partial charge in [0, 0.05) is 36.0 Å². The highest BCUT2D eigenvalue weighted by atomic mass is 127. The van der Waals surface area contributed by atoms with Crippen LogP contribution in [0.4, 0.5) is 11.4 Å². The van der Waals surface area contributed by atoms with Crippen molar-refractivity contribution in [3.8, 4) is 0 Å². The molecule has 5 rings (SSSR count). The molecule has 2 saturated heterocycles. The number of nitrogens with zero attached hydrogens (tertiary/aromatic N) is 1. The molecule has 2 aromatic carbocycles. The molecule has 2 aliphatic heterocycles. The smallest absolute Gasteiger partial charge is 0.175 e. The van der Waals surface area contributed by atoms with Gasteiger partial charge >= 0.3 is 0 Å². The van der Waals surface area contributed by atoms with Crippen molar-refractivity contribution in [2.75, 3.05) is 23.7 Å². The molecule has 0 saturated carbocycles. The lowest BCUT2D eigenvalue weighted by atomic mass is 9.90. The van der Waals surface area contributed by atoms with E-state index < -0.39 is 0 Å². The van der Waals surface area contributed by atoms with E-state index in [1.54, 1.807) is 0 Å². The summed E-state index contributed by atoms with van der Waals surface area (Å²) in [6, 6.07) is 13.6. The number of aromatic amines is 1. The number of aromatic nitrogens is 1. The number of rotatable bonds is 3. The number of H-pyrrole nitrogens is 1. The second-order valence-electron chi connectivity index (χ2n) is 8.96. The molecule has 7 heteroatoms. The van der Waals surface area contributed by atoms with Crippen molar-refractivity contribution in [2.24, 2.45) is 0 Å². The normalized spacial score (nSPS) is 21.7. The fraction of sp³-hybridized carbons (Fsp3) is 0.400. The number of nitrogens with one attached hydrogen (secondary N) is 3. The third kappa shape index (κ3) is 5.10. The Hall–Kier alpha value is -0.910. The van der Waals surface area contributed by atoms with Gasteiger partial charge in [-0.15, -0.1) is 0 Å². The van der Waals surface area contributed by atoms with Crippen molar-refractivity contribution in [3.63, 3.8) is 0 Å². The second-order valence-corrected chi connectivity index (χ2v) is 11.8. The zero-order valence-corrected chi connectivity index (χ0v) is 23.1. The number of hydrogen-bond acceptors (Lipinski definition) is 2. The number of piperidine rings is 1. The first-order valence-corrected chi connectivity index (χ1v) is 14.0. The molecule has 0 amide bonds. The average molecular weight is 670 g/mol. The van der Waals surface area contributed by atoms with Crippen LogP contribution in [0.1, 0.15) is 50.0 Å². The highest BCUT2D eigenvalue weighted by molar-refractivity contribution is 14.1. The van der Waals surface area contributed by atoms with E-state index in [0.717, 1.165) is 21.0 Å². The number of thiocarbonyl (C=S) groups is 1. The lowest BCUT2D eigenvalue weighted by Crippen LogP contribution is -2.38. The van der Waals surface area contributed by atoms with Crippen LogP contribution < -0.4 is 10.6 Å². The van der Waals surface area contributed by atoms with Crippen LogP contribution in [0.5, 0.6) is 0 Å². The Morgan fingerprint density at radius 2 is 1.88 bits per heavy atom. The molecule has 0 bridgehead atoms. The van der Waals surface area contributed by atoms with Crippen LogP contribution in [0.15, 0.2) is 42.6 Å². The molecule has 32 heavy (non-hydrogen) atoms. The largest absolute Gasteiger partial charge is 0.361 e. The summed E-state index contributed by atoms with van der Waals surface area (Å²) in [4.78, 5) is 6.26. The topological polar surface area (TPSA) is 43.1 Å². The lowest BCUT2D eigenvalue weighted by Gasteiger charge is -2.33. The van der Waals surface area contributed by atoms with Gasteiger partial charge in [-0.2, -0.15) is 0 Å². The van der Waals surface area contributed by atoms with Crippen LogP contribution in [0.2, 0.25) is 0 Å². The van der Waals surface area contributed by atoms with Gasteiger partial charge in [-0.05, 0) is 150 Å². The van der Waals surface area contributed by atoms with E-state index in [1.165, 1.54) is 71.7 Å². The SMILES string of the molecule is S=C(Nc1ccc2[nH]cc(C3CCC4CCCCN4CC3)c2c1)Nc1ccc(I)cc1I. The quantitative estimate of drug-likeness (QED) is 0.202. The number of hydrogen-bond donors (Lipinski definition) is 3. The number of anilines is 2. The van der Waals surface area contributed by atoms with Crippen LogP contribution >= 0.6 is 57.4 Å². The van der Waals surface area contributed by atoms with E-state index in [0.29, 0.717) is 11.0 Å². The van der Waals surface area contributed by atoms with Crippen LogP contribution in [0.3, 0.4) is 0 Å². The Morgan fingerprint density at radius 1 is 0.969 bits per heavy atom. The highest BCUT2D eigenvalue weighted by Gasteiger charge is 2.28. The minimum atomic E-state index is 0.618. The van der Waals surface area contributed by atoms with Crippen molar-refractivity contribution >= 4 is 84.8 Å². The van der Waals surface area contributed by atoms with Gasteiger partial charge in [-0.1, -0.05) is 6.42 Å². The second kappa shape index (κ2) is 10.1. The minimum absolute atomic E-state index is 0.618. The summed E-state index contributed by atoms with van der Waals surface area (Å²) in [6.45, 7) is 2.53. The molecule has 1 aromatic heterocycles. The first kappa shape index (κ1) is 22.9. The summed E-state index contributed by atoms with van der Waals surface area (Å²) < 4.78 is 2.38. The van der Waals surface area contributed by atoms with Gasteiger partial charge in [0.15, 0.2) is 5.11 Å². The van der Waals surface area contributed by atoms with Crippen molar-refractivity contribution < 1.29 is 0 Å². The van der Waals surface area contributed by atoms with Crippen molar-refractivity contribution in [3.05, 3.63) is 55.3 Å². The molecule has 2 unspecified atom stereocenters. The molecule has 4 nitrogen and oxygen atoms in total. The van der Waals surface area contributed by atoms with E-state index in [4.69, 9.17) is 12.2 Å². The average Bonchev–Trinajstić information content (AvgIpc) is 3.07. The Kier molecular flexibility index (Phi) is 7.25. The summed E-state index contributed by atoms with van der Waals surface area (Å²) in [6.07, 6.45) is 10.3. The maximum atomic E-state index is 5.61. The van der Waals surface area contributed by atoms with Crippen LogP contribution in [-0.4, -0.2) is 34.1 Å². The van der Waals surface area contributed by atoms with Gasteiger partial charge in [0.05, 0.1) is 5.69 Å². The summed E-state index contributed by atoms with van der Waals surface area (Å²) >= 11 is 10.3. The standard InChI is InChI=1S/C25H28I2N4S/c26-17-5-8-24(22(27)13-17)30-25(32)29-18-6-9-23-20(14-18)21(15-28-23)16-4-7-19-3-1-2-11-31(19)12-10-16/h5-6,8-9,13-16,19,28H,1-4,7,10-12H2,(H2,29,30,32). The van der Waals surface area contributed by atoms with Crippen molar-refractivity contribution in [1.82, 2.24) is 9.88 Å². The fourth-order valence-electron chi connectivity index (χ4n) is 5.29. The van der Waals surface area contributed by atoms with E-state index in [9.17, 15) is 0 Å². The number of benzene rings is 2. The molecule has 3 N–H and O–H groups in total. The molecule has 168 valence electrons. The van der Waals surface area contributed by atoms with Crippen LogP contribution in [-0.2, 0) is 0 Å². The minimum Gasteiger partial charge on any atom is -0.361 e. The maximum absolute atomic E-state index is 5.61. The highest BCUT2D eigenvalue weighted by Crippen LogP contribution is 2.37. The van der Waals surface area contributed by atoms with Crippen molar-refractivity contribution in [1.29, 1.82) is 0 Å². The van der Waals surface area contributed by atoms with E-state index in [1.807, 2.05) is 0 Å². The Balaban J connectivity index is 1.31. The molecule has 2 aliphatic rings. The van der Waals surface area contributed by atoms with Gasteiger partial charge in [0.2, 0.25) is 0 Å². The predicted octanol–water partition coefficient (Wildman–Crippen LogP) is 7.31. The first-order valence-electron chi connectivity index (χ1n) is 11.4. The zero-order valence-electron chi connectivity index (χ0n) is 18.0. The molecule has 2 fully saturated rings. The van der Waals surface area contributed by atoms with Gasteiger partial charge in [0.25, 0.3) is 0 Å². The summed E-state index contributed by atoms with van der Waals surface area (Å²) in [7, 11) is 0. The fourth-order valence-corrected chi connectivity index (χ4v) is 7.25. The third-order valence-corrected chi connectivity index (χ3v) is 8.72. The van der Waals surface area contributed by atoms with Crippen LogP contribution in [0, 0.1) is 7.14 Å². The van der Waals surface area contributed by atoms with Gasteiger partial charge in [-0.25, -0.2) is 0 Å². The summed E-state index contributed by atoms with van der Waals surface area (Å²) in [5.74, 6) is 0.628.